The lowest BCUT2D eigenvalue weighted by molar-refractivity contribution is -0.419. The van der Waals surface area contributed by atoms with Crippen LogP contribution in [0.1, 0.15) is 18.9 Å². The van der Waals surface area contributed by atoms with Gasteiger partial charge in [0.05, 0.1) is 4.92 Å². The number of nitrogens with one attached hydrogen (secondary N) is 1. The van der Waals surface area contributed by atoms with Crippen molar-refractivity contribution in [2.24, 2.45) is 11.0 Å². The number of rotatable bonds is 5. The number of hydrogen-bond donors (Lipinski definition) is 1. The van der Waals surface area contributed by atoms with Crippen LogP contribution < -0.4 is 4.83 Å². The second-order valence-corrected chi connectivity index (χ2v) is 5.71. The van der Waals surface area contributed by atoms with Gasteiger partial charge in [-0.3, -0.25) is 10.1 Å². The van der Waals surface area contributed by atoms with Gasteiger partial charge in [-0.15, -0.1) is 0 Å². The smallest absolute Gasteiger partial charge is 0.258 e. The van der Waals surface area contributed by atoms with Crippen LogP contribution in [0.4, 0.5) is 0 Å². The van der Waals surface area contributed by atoms with Crippen molar-refractivity contribution in [2.75, 3.05) is 0 Å². The second kappa shape index (κ2) is 7.08. The molecule has 0 saturated carbocycles. The molecule has 5 nitrogen and oxygen atoms in total. The molecule has 0 aromatic heterocycles. The molecule has 0 fully saturated rings. The normalized spacial score (nSPS) is 18.3. The molecular weight excluding hydrogens is 286 g/mol. The molecular formula is C15H17N3O2S. The highest BCUT2D eigenvalue weighted by atomic mass is 32.2. The Morgan fingerprint density at radius 1 is 1.43 bits per heavy atom. The Balaban J connectivity index is 1.86. The third-order valence-electron chi connectivity index (χ3n) is 3.23. The van der Waals surface area contributed by atoms with Gasteiger partial charge in [0.15, 0.2) is 0 Å². The van der Waals surface area contributed by atoms with Crippen LogP contribution in [-0.2, 0) is 0 Å². The maximum Gasteiger partial charge on any atom is 0.265 e. The Hall–Kier alpha value is -2.08. The highest BCUT2D eigenvalue weighted by Gasteiger charge is 2.17. The van der Waals surface area contributed by atoms with Gasteiger partial charge in [-0.1, -0.05) is 23.8 Å². The third-order valence-corrected chi connectivity index (χ3v) is 3.92. The van der Waals surface area contributed by atoms with E-state index in [2.05, 4.69) is 9.93 Å². The monoisotopic (exact) mass is 303 g/mol. The Labute approximate surface area is 128 Å². The quantitative estimate of drug-likeness (QED) is 0.390. The summed E-state index contributed by atoms with van der Waals surface area (Å²) in [5.74, 6) is 0.111. The molecule has 1 aliphatic rings. The number of aryl methyl sites for hydroxylation is 1. The summed E-state index contributed by atoms with van der Waals surface area (Å²) in [6, 6.07) is 8.16. The summed E-state index contributed by atoms with van der Waals surface area (Å²) in [7, 11) is 0. The largest absolute Gasteiger partial charge is 0.265 e. The van der Waals surface area contributed by atoms with Crippen molar-refractivity contribution in [2.45, 2.75) is 25.2 Å². The van der Waals surface area contributed by atoms with Crippen LogP contribution in [0.3, 0.4) is 0 Å². The van der Waals surface area contributed by atoms with E-state index in [1.807, 2.05) is 44.2 Å². The Bertz CT molecular complexity index is 606. The van der Waals surface area contributed by atoms with Gasteiger partial charge in [0, 0.05) is 34.5 Å². The number of hydrazone groups is 1. The zero-order valence-electron chi connectivity index (χ0n) is 11.9. The van der Waals surface area contributed by atoms with Crippen molar-refractivity contribution >= 4 is 17.7 Å². The molecule has 0 bridgehead atoms. The van der Waals surface area contributed by atoms with Gasteiger partial charge in [0.2, 0.25) is 0 Å². The van der Waals surface area contributed by atoms with E-state index in [4.69, 9.17) is 0 Å². The van der Waals surface area contributed by atoms with Gasteiger partial charge < -0.3 is 0 Å². The SMILES string of the molecule is C/C(=N/NSc1ccc(C)cc1)C1C=CC([N+](=O)[O-])=CC1. The van der Waals surface area contributed by atoms with Crippen LogP contribution in [-0.4, -0.2) is 10.6 Å². The summed E-state index contributed by atoms with van der Waals surface area (Å²) in [6.45, 7) is 3.97. The predicted molar refractivity (Wildman–Crippen MR) is 85.6 cm³/mol. The molecule has 110 valence electrons. The van der Waals surface area contributed by atoms with Gasteiger partial charge in [-0.05, 0) is 38.5 Å². The van der Waals surface area contributed by atoms with Gasteiger partial charge in [0.1, 0.15) is 0 Å². The minimum absolute atomic E-state index is 0.111. The third kappa shape index (κ3) is 4.46. The maximum absolute atomic E-state index is 10.6. The zero-order chi connectivity index (χ0) is 15.2. The number of nitro groups is 1. The van der Waals surface area contributed by atoms with E-state index in [9.17, 15) is 10.1 Å². The summed E-state index contributed by atoms with van der Waals surface area (Å²) in [5, 5.41) is 14.9. The molecule has 0 amide bonds. The zero-order valence-corrected chi connectivity index (χ0v) is 12.8. The van der Waals surface area contributed by atoms with E-state index in [-0.39, 0.29) is 16.5 Å². The molecule has 21 heavy (non-hydrogen) atoms. The second-order valence-electron chi connectivity index (χ2n) is 4.85. The van der Waals surface area contributed by atoms with E-state index in [1.54, 1.807) is 12.2 Å². The molecule has 0 aliphatic heterocycles. The molecule has 1 unspecified atom stereocenters. The lowest BCUT2D eigenvalue weighted by atomic mass is 9.95. The average Bonchev–Trinajstić information content (AvgIpc) is 2.49. The number of hydrogen-bond acceptors (Lipinski definition) is 5. The van der Waals surface area contributed by atoms with Crippen molar-refractivity contribution in [3.8, 4) is 0 Å². The molecule has 1 aromatic rings. The fraction of sp³-hybridized carbons (Fsp3) is 0.267. The molecule has 1 aliphatic carbocycles. The lowest BCUT2D eigenvalue weighted by Gasteiger charge is -2.13. The molecule has 0 radical (unpaired) electrons. The molecule has 0 saturated heterocycles. The summed E-state index contributed by atoms with van der Waals surface area (Å²) < 4.78 is 0. The van der Waals surface area contributed by atoms with Gasteiger partial charge >= 0.3 is 0 Å². The fourth-order valence-corrected chi connectivity index (χ4v) is 2.46. The van der Waals surface area contributed by atoms with E-state index in [1.165, 1.54) is 17.5 Å². The Kier molecular flexibility index (Phi) is 5.16. The van der Waals surface area contributed by atoms with E-state index < -0.39 is 0 Å². The van der Waals surface area contributed by atoms with Crippen LogP contribution >= 0.6 is 11.9 Å². The van der Waals surface area contributed by atoms with Crippen LogP contribution in [0.5, 0.6) is 0 Å². The molecule has 1 N–H and O–H groups in total. The standard InChI is InChI=1S/C15H17N3O2S/c1-11-3-9-15(10-4-11)21-17-16-12(2)13-5-7-14(8-6-13)18(19)20/h3-5,7-10,13,17H,6H2,1-2H3/b16-12-. The summed E-state index contributed by atoms with van der Waals surface area (Å²) in [5.41, 5.74) is 2.28. The van der Waals surface area contributed by atoms with Crippen LogP contribution in [0.25, 0.3) is 0 Å². The topological polar surface area (TPSA) is 67.5 Å². The summed E-state index contributed by atoms with van der Waals surface area (Å²) in [6.07, 6.45) is 5.62. The first-order chi connectivity index (χ1) is 10.1. The fourth-order valence-electron chi connectivity index (χ4n) is 1.89. The molecule has 1 aromatic carbocycles. The molecule has 0 spiro atoms. The highest BCUT2D eigenvalue weighted by molar-refractivity contribution is 7.97. The summed E-state index contributed by atoms with van der Waals surface area (Å²) in [4.78, 5) is 14.3. The van der Waals surface area contributed by atoms with Gasteiger partial charge in [-0.2, -0.15) is 5.10 Å². The summed E-state index contributed by atoms with van der Waals surface area (Å²) >= 11 is 1.44. The van der Waals surface area contributed by atoms with Crippen molar-refractivity contribution in [1.29, 1.82) is 0 Å². The number of benzene rings is 1. The average molecular weight is 303 g/mol. The maximum atomic E-state index is 10.6. The molecule has 2 rings (SSSR count). The molecule has 6 heteroatoms. The minimum Gasteiger partial charge on any atom is -0.258 e. The highest BCUT2D eigenvalue weighted by Crippen LogP contribution is 2.19. The minimum atomic E-state index is -0.370. The van der Waals surface area contributed by atoms with Crippen LogP contribution in [0.2, 0.25) is 0 Å². The number of allylic oxidation sites excluding steroid dienone is 3. The first-order valence-electron chi connectivity index (χ1n) is 6.61. The van der Waals surface area contributed by atoms with Gasteiger partial charge in [0.25, 0.3) is 5.70 Å². The van der Waals surface area contributed by atoms with E-state index in [0.29, 0.717) is 6.42 Å². The van der Waals surface area contributed by atoms with Crippen LogP contribution in [0, 0.1) is 23.0 Å². The first kappa shape index (κ1) is 15.3. The first-order valence-corrected chi connectivity index (χ1v) is 7.43. The van der Waals surface area contributed by atoms with Crippen molar-refractivity contribution in [3.63, 3.8) is 0 Å². The Morgan fingerprint density at radius 2 is 2.14 bits per heavy atom. The predicted octanol–water partition coefficient (Wildman–Crippen LogP) is 3.70. The van der Waals surface area contributed by atoms with Crippen molar-refractivity contribution in [3.05, 3.63) is 63.9 Å². The Morgan fingerprint density at radius 3 is 2.71 bits per heavy atom. The van der Waals surface area contributed by atoms with E-state index >= 15 is 0 Å². The van der Waals surface area contributed by atoms with Crippen LogP contribution in [0.15, 0.2) is 58.2 Å². The van der Waals surface area contributed by atoms with Crippen molar-refractivity contribution in [1.82, 2.24) is 4.83 Å². The van der Waals surface area contributed by atoms with Gasteiger partial charge in [-0.25, -0.2) is 4.83 Å². The van der Waals surface area contributed by atoms with Crippen molar-refractivity contribution < 1.29 is 4.92 Å². The lowest BCUT2D eigenvalue weighted by Crippen LogP contribution is -2.14. The molecule has 1 atom stereocenters. The number of nitrogens with zero attached hydrogens (tertiary/aromatic N) is 2. The van der Waals surface area contributed by atoms with E-state index in [0.717, 1.165) is 10.6 Å². The molecule has 0 heterocycles.